The summed E-state index contributed by atoms with van der Waals surface area (Å²) >= 11 is 0. The molecule has 0 aliphatic carbocycles. The van der Waals surface area contributed by atoms with Crippen molar-refractivity contribution in [3.63, 3.8) is 0 Å². The van der Waals surface area contributed by atoms with Gasteiger partial charge in [-0.25, -0.2) is 5.48 Å². The quantitative estimate of drug-likeness (QED) is 0.567. The Balaban J connectivity index is 1.97. The van der Waals surface area contributed by atoms with Gasteiger partial charge in [0, 0.05) is 19.8 Å². The van der Waals surface area contributed by atoms with Crippen molar-refractivity contribution in [3.8, 4) is 0 Å². The van der Waals surface area contributed by atoms with Gasteiger partial charge in [-0.3, -0.25) is 4.84 Å². The zero-order valence-electron chi connectivity index (χ0n) is 7.77. The van der Waals surface area contributed by atoms with Crippen LogP contribution in [-0.4, -0.2) is 32.5 Å². The average Bonchev–Trinajstić information content (AvgIpc) is 2.13. The van der Waals surface area contributed by atoms with Crippen LogP contribution < -0.4 is 5.48 Å². The predicted molar refractivity (Wildman–Crippen MR) is 43.6 cm³/mol. The van der Waals surface area contributed by atoms with Gasteiger partial charge in [-0.05, 0) is 18.8 Å². The lowest BCUT2D eigenvalue weighted by molar-refractivity contribution is -0.190. The second kappa shape index (κ2) is 5.53. The molecule has 0 bridgehead atoms. The SMILES string of the molecule is FC(F)(F)CONCC1CCOCC1. The first-order chi connectivity index (χ1) is 6.58. The highest BCUT2D eigenvalue weighted by atomic mass is 19.4. The van der Waals surface area contributed by atoms with Crippen LogP contribution in [0.25, 0.3) is 0 Å². The number of nitrogens with one attached hydrogen (secondary N) is 1. The van der Waals surface area contributed by atoms with Gasteiger partial charge in [0.25, 0.3) is 0 Å². The maximum Gasteiger partial charge on any atom is 0.413 e. The van der Waals surface area contributed by atoms with Gasteiger partial charge < -0.3 is 4.74 Å². The maximum absolute atomic E-state index is 11.6. The van der Waals surface area contributed by atoms with E-state index in [1.165, 1.54) is 0 Å². The molecule has 1 aliphatic rings. The molecule has 0 saturated carbocycles. The maximum atomic E-state index is 11.6. The van der Waals surface area contributed by atoms with E-state index in [-0.39, 0.29) is 0 Å². The highest BCUT2D eigenvalue weighted by Crippen LogP contribution is 2.15. The fourth-order valence-corrected chi connectivity index (χ4v) is 1.26. The molecule has 0 aromatic rings. The standard InChI is InChI=1S/C8H14F3NO2/c9-8(10,11)6-14-12-5-7-1-3-13-4-2-7/h7,12H,1-6H2. The Bertz CT molecular complexity index is 157. The normalized spacial score (nSPS) is 19.9. The molecule has 6 heteroatoms. The van der Waals surface area contributed by atoms with E-state index in [0.29, 0.717) is 25.7 Å². The Kier molecular flexibility index (Phi) is 4.64. The van der Waals surface area contributed by atoms with Crippen LogP contribution in [0, 0.1) is 5.92 Å². The van der Waals surface area contributed by atoms with Gasteiger partial charge in [-0.15, -0.1) is 0 Å². The summed E-state index contributed by atoms with van der Waals surface area (Å²) in [5.41, 5.74) is 2.34. The van der Waals surface area contributed by atoms with Gasteiger partial charge in [0.15, 0.2) is 6.61 Å². The van der Waals surface area contributed by atoms with E-state index in [2.05, 4.69) is 10.3 Å². The Morgan fingerprint density at radius 1 is 1.29 bits per heavy atom. The number of ether oxygens (including phenoxy) is 1. The van der Waals surface area contributed by atoms with Crippen molar-refractivity contribution in [1.82, 2.24) is 5.48 Å². The number of rotatable bonds is 4. The Morgan fingerprint density at radius 3 is 2.50 bits per heavy atom. The Hall–Kier alpha value is -0.330. The highest BCUT2D eigenvalue weighted by molar-refractivity contribution is 4.63. The third-order valence-electron chi connectivity index (χ3n) is 2.05. The minimum Gasteiger partial charge on any atom is -0.381 e. The van der Waals surface area contributed by atoms with Gasteiger partial charge in [-0.2, -0.15) is 13.2 Å². The minimum absolute atomic E-state index is 0.358. The summed E-state index contributed by atoms with van der Waals surface area (Å²) in [5, 5.41) is 0. The third-order valence-corrected chi connectivity index (χ3v) is 2.05. The molecule has 1 aliphatic heterocycles. The molecule has 0 amide bonds. The van der Waals surface area contributed by atoms with E-state index in [1.54, 1.807) is 0 Å². The van der Waals surface area contributed by atoms with Crippen LogP contribution in [0.15, 0.2) is 0 Å². The second-order valence-electron chi connectivity index (χ2n) is 3.31. The molecule has 1 rings (SSSR count). The summed E-state index contributed by atoms with van der Waals surface area (Å²) in [6.45, 7) is 0.590. The fraction of sp³-hybridized carbons (Fsp3) is 1.00. The van der Waals surface area contributed by atoms with Crippen LogP contribution in [0.3, 0.4) is 0 Å². The van der Waals surface area contributed by atoms with Crippen LogP contribution >= 0.6 is 0 Å². The van der Waals surface area contributed by atoms with Gasteiger partial charge in [0.05, 0.1) is 0 Å². The van der Waals surface area contributed by atoms with Crippen molar-refractivity contribution in [2.45, 2.75) is 19.0 Å². The lowest BCUT2D eigenvalue weighted by atomic mass is 10.0. The average molecular weight is 213 g/mol. The molecule has 1 heterocycles. The Labute approximate surface area is 80.5 Å². The van der Waals surface area contributed by atoms with E-state index in [9.17, 15) is 13.2 Å². The molecular weight excluding hydrogens is 199 g/mol. The molecule has 0 aromatic carbocycles. The van der Waals surface area contributed by atoms with E-state index in [0.717, 1.165) is 12.8 Å². The van der Waals surface area contributed by atoms with E-state index < -0.39 is 12.8 Å². The zero-order chi connectivity index (χ0) is 10.4. The number of hydrogen-bond donors (Lipinski definition) is 1. The number of hydrogen-bond acceptors (Lipinski definition) is 3. The minimum atomic E-state index is -4.26. The van der Waals surface area contributed by atoms with Crippen molar-refractivity contribution in [2.24, 2.45) is 5.92 Å². The monoisotopic (exact) mass is 213 g/mol. The summed E-state index contributed by atoms with van der Waals surface area (Å²) in [6, 6.07) is 0. The fourth-order valence-electron chi connectivity index (χ4n) is 1.26. The molecule has 3 nitrogen and oxygen atoms in total. The summed E-state index contributed by atoms with van der Waals surface area (Å²) in [5.74, 6) is 0.358. The molecule has 0 atom stereocenters. The second-order valence-corrected chi connectivity index (χ2v) is 3.31. The lowest BCUT2D eigenvalue weighted by Crippen LogP contribution is -2.31. The smallest absolute Gasteiger partial charge is 0.381 e. The number of alkyl halides is 3. The number of hydroxylamine groups is 1. The third kappa shape index (κ3) is 5.41. The molecule has 0 unspecified atom stereocenters. The zero-order valence-corrected chi connectivity index (χ0v) is 7.77. The molecule has 14 heavy (non-hydrogen) atoms. The summed E-state index contributed by atoms with van der Waals surface area (Å²) in [6.07, 6.45) is -2.51. The first kappa shape index (κ1) is 11.7. The van der Waals surface area contributed by atoms with Crippen LogP contribution in [0.5, 0.6) is 0 Å². The molecular formula is C8H14F3NO2. The molecule has 1 saturated heterocycles. The molecule has 1 N–H and O–H groups in total. The lowest BCUT2D eigenvalue weighted by Gasteiger charge is -2.22. The van der Waals surface area contributed by atoms with Crippen LogP contribution in [-0.2, 0) is 9.57 Å². The first-order valence-electron chi connectivity index (χ1n) is 4.57. The Morgan fingerprint density at radius 2 is 1.93 bits per heavy atom. The van der Waals surface area contributed by atoms with Crippen LogP contribution in [0.1, 0.15) is 12.8 Å². The summed E-state index contributed by atoms with van der Waals surface area (Å²) in [7, 11) is 0. The molecule has 0 radical (unpaired) electrons. The summed E-state index contributed by atoms with van der Waals surface area (Å²) < 4.78 is 40.0. The van der Waals surface area contributed by atoms with E-state index in [1.807, 2.05) is 0 Å². The highest BCUT2D eigenvalue weighted by Gasteiger charge is 2.27. The van der Waals surface area contributed by atoms with Crippen LogP contribution in [0.2, 0.25) is 0 Å². The van der Waals surface area contributed by atoms with Crippen LogP contribution in [0.4, 0.5) is 13.2 Å². The van der Waals surface area contributed by atoms with Crippen molar-refractivity contribution in [3.05, 3.63) is 0 Å². The topological polar surface area (TPSA) is 30.5 Å². The van der Waals surface area contributed by atoms with Gasteiger partial charge in [-0.1, -0.05) is 0 Å². The van der Waals surface area contributed by atoms with E-state index >= 15 is 0 Å². The number of halogens is 3. The van der Waals surface area contributed by atoms with Crippen molar-refractivity contribution in [2.75, 3.05) is 26.4 Å². The first-order valence-corrected chi connectivity index (χ1v) is 4.57. The molecule has 0 aromatic heterocycles. The van der Waals surface area contributed by atoms with Gasteiger partial charge in [0.1, 0.15) is 0 Å². The van der Waals surface area contributed by atoms with E-state index in [4.69, 9.17) is 4.74 Å². The molecule has 84 valence electrons. The van der Waals surface area contributed by atoms with Gasteiger partial charge >= 0.3 is 6.18 Å². The summed E-state index contributed by atoms with van der Waals surface area (Å²) in [4.78, 5) is 4.28. The van der Waals surface area contributed by atoms with Crippen molar-refractivity contribution < 1.29 is 22.7 Å². The van der Waals surface area contributed by atoms with Crippen molar-refractivity contribution in [1.29, 1.82) is 0 Å². The molecule has 1 fully saturated rings. The molecule has 0 spiro atoms. The van der Waals surface area contributed by atoms with Crippen molar-refractivity contribution >= 4 is 0 Å². The predicted octanol–water partition coefficient (Wildman–Crippen LogP) is 1.50. The van der Waals surface area contributed by atoms with Gasteiger partial charge in [0.2, 0.25) is 0 Å². The largest absolute Gasteiger partial charge is 0.413 e.